The van der Waals surface area contributed by atoms with E-state index in [0.717, 1.165) is 48.5 Å². The largest absolute Gasteiger partial charge is 0.492 e. The SMILES string of the molecule is Cc1ccc(Oc2cnc(NC(=O)C3(N)CCC3)cn2)c2c1OCC21CC1. The van der Waals surface area contributed by atoms with Gasteiger partial charge in [0.1, 0.15) is 11.5 Å². The van der Waals surface area contributed by atoms with Crippen LogP contribution in [-0.4, -0.2) is 28.0 Å². The fourth-order valence-corrected chi connectivity index (χ4v) is 3.84. The first-order chi connectivity index (χ1) is 13.0. The second kappa shape index (κ2) is 5.66. The van der Waals surface area contributed by atoms with E-state index in [2.05, 4.69) is 15.3 Å². The van der Waals surface area contributed by atoms with Crippen molar-refractivity contribution in [2.24, 2.45) is 5.73 Å². The molecule has 2 saturated carbocycles. The Bertz CT molecular complexity index is 918. The van der Waals surface area contributed by atoms with Crippen molar-refractivity contribution in [3.05, 3.63) is 35.7 Å². The summed E-state index contributed by atoms with van der Waals surface area (Å²) in [6.07, 6.45) is 7.64. The Labute approximate surface area is 157 Å². The molecule has 0 saturated heterocycles. The number of nitrogens with two attached hydrogens (primary N) is 1. The summed E-state index contributed by atoms with van der Waals surface area (Å²) in [5.74, 6) is 2.26. The molecule has 1 aromatic carbocycles. The van der Waals surface area contributed by atoms with Gasteiger partial charge in [-0.05, 0) is 50.7 Å². The lowest BCUT2D eigenvalue weighted by molar-refractivity contribution is -0.123. The van der Waals surface area contributed by atoms with Crippen LogP contribution in [0.3, 0.4) is 0 Å². The number of benzene rings is 1. The van der Waals surface area contributed by atoms with Gasteiger partial charge in [0, 0.05) is 11.0 Å². The predicted molar refractivity (Wildman–Crippen MR) is 99.1 cm³/mol. The van der Waals surface area contributed by atoms with Gasteiger partial charge >= 0.3 is 0 Å². The van der Waals surface area contributed by atoms with Crippen LogP contribution in [0.15, 0.2) is 24.5 Å². The van der Waals surface area contributed by atoms with Crippen molar-refractivity contribution in [1.82, 2.24) is 9.97 Å². The summed E-state index contributed by atoms with van der Waals surface area (Å²) in [5, 5.41) is 2.73. The molecule has 7 nitrogen and oxygen atoms in total. The molecule has 2 aromatic rings. The second-order valence-electron chi connectivity index (χ2n) is 7.96. The Morgan fingerprint density at radius 2 is 2.04 bits per heavy atom. The number of aromatic nitrogens is 2. The van der Waals surface area contributed by atoms with Crippen molar-refractivity contribution < 1.29 is 14.3 Å². The lowest BCUT2D eigenvalue weighted by atomic mass is 9.77. The maximum absolute atomic E-state index is 12.2. The minimum absolute atomic E-state index is 0.107. The molecule has 5 rings (SSSR count). The first-order valence-electron chi connectivity index (χ1n) is 9.36. The van der Waals surface area contributed by atoms with E-state index < -0.39 is 5.54 Å². The number of hydrogen-bond acceptors (Lipinski definition) is 6. The first kappa shape index (κ1) is 16.5. The van der Waals surface area contributed by atoms with Gasteiger partial charge in [-0.25, -0.2) is 9.97 Å². The highest BCUT2D eigenvalue weighted by Gasteiger charge is 2.53. The lowest BCUT2D eigenvalue weighted by Gasteiger charge is -2.35. The third kappa shape index (κ3) is 2.65. The molecule has 1 amide bonds. The normalized spacial score (nSPS) is 20.4. The highest BCUT2D eigenvalue weighted by molar-refractivity contribution is 5.97. The van der Waals surface area contributed by atoms with E-state index >= 15 is 0 Å². The molecule has 3 N–H and O–H groups in total. The van der Waals surface area contributed by atoms with Gasteiger partial charge in [-0.1, -0.05) is 6.07 Å². The zero-order valence-electron chi connectivity index (χ0n) is 15.2. The van der Waals surface area contributed by atoms with Gasteiger partial charge in [0.15, 0.2) is 5.82 Å². The number of fused-ring (bicyclic) bond motifs is 2. The molecule has 2 heterocycles. The molecule has 0 radical (unpaired) electrons. The Hall–Kier alpha value is -2.67. The number of hydrogen-bond donors (Lipinski definition) is 2. The lowest BCUT2D eigenvalue weighted by Crippen LogP contribution is -2.56. The molecule has 2 aliphatic carbocycles. The number of carbonyl (C=O) groups is 1. The summed E-state index contributed by atoms with van der Waals surface area (Å²) < 4.78 is 11.9. The molecular formula is C20H22N4O3. The molecule has 1 spiro atoms. The number of anilines is 1. The van der Waals surface area contributed by atoms with Crippen LogP contribution in [0.4, 0.5) is 5.82 Å². The third-order valence-electron chi connectivity index (χ3n) is 5.98. The Kier molecular flexibility index (Phi) is 3.46. The highest BCUT2D eigenvalue weighted by atomic mass is 16.5. The van der Waals surface area contributed by atoms with Crippen molar-refractivity contribution in [3.8, 4) is 17.4 Å². The van der Waals surface area contributed by atoms with Crippen molar-refractivity contribution in [1.29, 1.82) is 0 Å². The molecular weight excluding hydrogens is 344 g/mol. The van der Waals surface area contributed by atoms with Crippen molar-refractivity contribution in [2.45, 2.75) is 50.0 Å². The van der Waals surface area contributed by atoms with Crippen LogP contribution in [0.2, 0.25) is 0 Å². The van der Waals surface area contributed by atoms with E-state index in [4.69, 9.17) is 15.2 Å². The van der Waals surface area contributed by atoms with Gasteiger partial charge in [0.25, 0.3) is 0 Å². The number of aryl methyl sites for hydroxylation is 1. The molecule has 3 aliphatic rings. The molecule has 1 aliphatic heterocycles. The molecule has 2 fully saturated rings. The summed E-state index contributed by atoms with van der Waals surface area (Å²) in [6, 6.07) is 3.96. The van der Waals surface area contributed by atoms with Crippen molar-refractivity contribution in [2.75, 3.05) is 11.9 Å². The molecule has 1 aromatic heterocycles. The Balaban J connectivity index is 1.34. The number of amides is 1. The van der Waals surface area contributed by atoms with Crippen LogP contribution >= 0.6 is 0 Å². The molecule has 0 atom stereocenters. The minimum Gasteiger partial charge on any atom is -0.492 e. The summed E-state index contributed by atoms with van der Waals surface area (Å²) in [6.45, 7) is 2.77. The van der Waals surface area contributed by atoms with E-state index in [1.54, 1.807) is 0 Å². The molecule has 7 heteroatoms. The van der Waals surface area contributed by atoms with Crippen LogP contribution in [0, 0.1) is 6.92 Å². The van der Waals surface area contributed by atoms with Gasteiger partial charge in [-0.2, -0.15) is 0 Å². The zero-order chi connectivity index (χ0) is 18.6. The zero-order valence-corrected chi connectivity index (χ0v) is 15.2. The minimum atomic E-state index is -0.766. The van der Waals surface area contributed by atoms with Crippen molar-refractivity contribution >= 4 is 11.7 Å². The number of rotatable bonds is 4. The van der Waals surface area contributed by atoms with Crippen LogP contribution in [0.5, 0.6) is 17.4 Å². The maximum atomic E-state index is 12.2. The van der Waals surface area contributed by atoms with E-state index in [9.17, 15) is 4.79 Å². The van der Waals surface area contributed by atoms with Crippen LogP contribution in [0.25, 0.3) is 0 Å². The van der Waals surface area contributed by atoms with E-state index in [1.807, 2.05) is 19.1 Å². The molecule has 27 heavy (non-hydrogen) atoms. The number of nitrogens with zero attached hydrogens (tertiary/aromatic N) is 2. The van der Waals surface area contributed by atoms with E-state index in [-0.39, 0.29) is 11.3 Å². The first-order valence-corrected chi connectivity index (χ1v) is 9.36. The highest BCUT2D eigenvalue weighted by Crippen LogP contribution is 2.59. The summed E-state index contributed by atoms with van der Waals surface area (Å²) in [5.41, 5.74) is 7.64. The monoisotopic (exact) mass is 366 g/mol. The maximum Gasteiger partial charge on any atom is 0.245 e. The van der Waals surface area contributed by atoms with Gasteiger partial charge in [0.05, 0.1) is 24.5 Å². The fraction of sp³-hybridized carbons (Fsp3) is 0.450. The van der Waals surface area contributed by atoms with Gasteiger partial charge in [0.2, 0.25) is 11.8 Å². The number of ether oxygens (including phenoxy) is 2. The smallest absolute Gasteiger partial charge is 0.245 e. The van der Waals surface area contributed by atoms with Crippen molar-refractivity contribution in [3.63, 3.8) is 0 Å². The Morgan fingerprint density at radius 1 is 1.22 bits per heavy atom. The standard InChI is InChI=1S/C20H22N4O3/c1-12-3-4-13(16-17(12)26-11-19(16)7-8-19)27-15-10-22-14(9-23-15)24-18(25)20(21)5-2-6-20/h3-4,9-10H,2,5-8,11,21H2,1H3,(H,22,24,25). The average molecular weight is 366 g/mol. The van der Waals surface area contributed by atoms with Crippen LogP contribution in [0.1, 0.15) is 43.2 Å². The Morgan fingerprint density at radius 3 is 2.67 bits per heavy atom. The molecule has 0 bridgehead atoms. The van der Waals surface area contributed by atoms with E-state index in [0.29, 0.717) is 24.5 Å². The summed E-state index contributed by atoms with van der Waals surface area (Å²) >= 11 is 0. The quantitative estimate of drug-likeness (QED) is 0.863. The fourth-order valence-electron chi connectivity index (χ4n) is 3.84. The predicted octanol–water partition coefficient (Wildman–Crippen LogP) is 2.82. The van der Waals surface area contributed by atoms with Gasteiger partial charge in [-0.3, -0.25) is 4.79 Å². The van der Waals surface area contributed by atoms with E-state index in [1.165, 1.54) is 12.4 Å². The number of nitrogens with one attached hydrogen (secondary N) is 1. The van der Waals surface area contributed by atoms with Gasteiger partial charge < -0.3 is 20.5 Å². The number of carbonyl (C=O) groups excluding carboxylic acids is 1. The third-order valence-corrected chi connectivity index (χ3v) is 5.98. The van der Waals surface area contributed by atoms with Gasteiger partial charge in [-0.15, -0.1) is 0 Å². The summed E-state index contributed by atoms with van der Waals surface area (Å²) in [4.78, 5) is 20.7. The topological polar surface area (TPSA) is 99.4 Å². The second-order valence-corrected chi connectivity index (χ2v) is 7.96. The average Bonchev–Trinajstić information content (AvgIpc) is 3.31. The molecule has 140 valence electrons. The summed E-state index contributed by atoms with van der Waals surface area (Å²) in [7, 11) is 0. The molecule has 0 unspecified atom stereocenters. The van der Waals surface area contributed by atoms with Crippen LogP contribution in [-0.2, 0) is 10.2 Å². The van der Waals surface area contributed by atoms with Crippen LogP contribution < -0.4 is 20.5 Å².